The number of benzene rings is 1. The quantitative estimate of drug-likeness (QED) is 0.660. The molecule has 0 radical (unpaired) electrons. The number of amides is 1. The zero-order valence-electron chi connectivity index (χ0n) is 17.1. The summed E-state index contributed by atoms with van der Waals surface area (Å²) in [6.45, 7) is 8.25. The molecule has 1 fully saturated rings. The van der Waals surface area contributed by atoms with E-state index in [0.29, 0.717) is 25.6 Å². The number of fused-ring (bicyclic) bond motifs is 1. The molecule has 6 nitrogen and oxygen atoms in total. The van der Waals surface area contributed by atoms with Crippen LogP contribution in [0.25, 0.3) is 10.2 Å². The topological polar surface area (TPSA) is 68.1 Å². The smallest absolute Gasteiger partial charge is 0.253 e. The van der Waals surface area contributed by atoms with Crippen LogP contribution in [-0.4, -0.2) is 38.4 Å². The number of hydrogen-bond acceptors (Lipinski definition) is 5. The molecule has 1 aliphatic rings. The first-order chi connectivity index (χ1) is 13.8. The highest BCUT2D eigenvalue weighted by Gasteiger charge is 2.25. The third-order valence-corrected chi connectivity index (χ3v) is 6.37. The van der Waals surface area contributed by atoms with Gasteiger partial charge in [-0.2, -0.15) is 0 Å². The van der Waals surface area contributed by atoms with Crippen molar-refractivity contribution in [2.24, 2.45) is 5.92 Å². The van der Waals surface area contributed by atoms with Gasteiger partial charge in [-0.25, -0.2) is 9.97 Å². The molecule has 1 aromatic carbocycles. The lowest BCUT2D eigenvalue weighted by Crippen LogP contribution is -2.40. The van der Waals surface area contributed by atoms with Crippen LogP contribution in [0.2, 0.25) is 0 Å². The van der Waals surface area contributed by atoms with Gasteiger partial charge in [-0.15, -0.1) is 11.3 Å². The summed E-state index contributed by atoms with van der Waals surface area (Å²) in [6, 6.07) is 7.35. The second kappa shape index (κ2) is 7.71. The molecule has 1 saturated heterocycles. The number of hydrogen-bond donors (Lipinski definition) is 0. The third kappa shape index (κ3) is 4.24. The number of thiazole rings is 1. The van der Waals surface area contributed by atoms with Gasteiger partial charge in [0.15, 0.2) is 0 Å². The molecule has 7 heteroatoms. The maximum Gasteiger partial charge on any atom is 0.253 e. The van der Waals surface area contributed by atoms with E-state index in [1.165, 1.54) is 0 Å². The van der Waals surface area contributed by atoms with E-state index < -0.39 is 0 Å². The molecule has 4 rings (SSSR count). The minimum atomic E-state index is -0.133. The van der Waals surface area contributed by atoms with Crippen molar-refractivity contribution in [3.8, 4) is 0 Å². The maximum atomic E-state index is 12.9. The molecule has 1 aliphatic heterocycles. The highest BCUT2D eigenvalue weighted by Crippen LogP contribution is 2.24. The molecule has 0 unspecified atom stereocenters. The summed E-state index contributed by atoms with van der Waals surface area (Å²) < 4.78 is 2.74. The van der Waals surface area contributed by atoms with Crippen molar-refractivity contribution < 1.29 is 4.79 Å². The van der Waals surface area contributed by atoms with Crippen molar-refractivity contribution in [1.82, 2.24) is 19.4 Å². The Labute approximate surface area is 174 Å². The molecule has 0 bridgehead atoms. The molecule has 152 valence electrons. The lowest BCUT2D eigenvalue weighted by atomic mass is 9.92. The summed E-state index contributed by atoms with van der Waals surface area (Å²) in [4.78, 5) is 36.0. The first-order valence-corrected chi connectivity index (χ1v) is 10.9. The Morgan fingerprint density at radius 2 is 1.93 bits per heavy atom. The molecule has 0 atom stereocenters. The zero-order chi connectivity index (χ0) is 20.6. The van der Waals surface area contributed by atoms with Crippen molar-refractivity contribution >= 4 is 27.5 Å². The number of aromatic nitrogens is 3. The average molecular weight is 411 g/mol. The molecule has 0 aliphatic carbocycles. The van der Waals surface area contributed by atoms with Gasteiger partial charge in [0.25, 0.3) is 11.5 Å². The summed E-state index contributed by atoms with van der Waals surface area (Å²) in [6.07, 6.45) is 3.45. The van der Waals surface area contributed by atoms with Crippen LogP contribution in [0.5, 0.6) is 0 Å². The lowest BCUT2D eigenvalue weighted by Gasteiger charge is -2.32. The van der Waals surface area contributed by atoms with Crippen LogP contribution in [0.3, 0.4) is 0 Å². The van der Waals surface area contributed by atoms with Gasteiger partial charge in [-0.3, -0.25) is 14.2 Å². The summed E-state index contributed by atoms with van der Waals surface area (Å²) in [5.74, 6) is 0.454. The molecule has 29 heavy (non-hydrogen) atoms. The number of piperidine rings is 1. The first-order valence-electron chi connectivity index (χ1n) is 10.0. The minimum Gasteiger partial charge on any atom is -0.339 e. The van der Waals surface area contributed by atoms with Crippen LogP contribution in [0.15, 0.2) is 40.9 Å². The van der Waals surface area contributed by atoms with Gasteiger partial charge in [0, 0.05) is 36.7 Å². The van der Waals surface area contributed by atoms with Crippen LogP contribution in [-0.2, 0) is 12.0 Å². The fraction of sp³-hybridized carbons (Fsp3) is 0.455. The second-order valence-electron chi connectivity index (χ2n) is 8.79. The number of carbonyl (C=O) groups excluding carboxylic acids is 1. The normalized spacial score (nSPS) is 15.8. The van der Waals surface area contributed by atoms with E-state index in [1.807, 2.05) is 23.1 Å². The Morgan fingerprint density at radius 3 is 2.62 bits per heavy atom. The molecule has 3 heterocycles. The Morgan fingerprint density at radius 1 is 1.17 bits per heavy atom. The molecule has 3 aromatic rings. The summed E-state index contributed by atoms with van der Waals surface area (Å²) in [5, 5.41) is 0. The summed E-state index contributed by atoms with van der Waals surface area (Å²) >= 11 is 1.55. The number of likely N-dealkylation sites (tertiary alicyclic amines) is 1. The van der Waals surface area contributed by atoms with Gasteiger partial charge in [0.05, 0.1) is 27.7 Å². The Hall–Kier alpha value is -2.54. The highest BCUT2D eigenvalue weighted by atomic mass is 32.1. The van der Waals surface area contributed by atoms with Gasteiger partial charge in [-0.1, -0.05) is 20.8 Å². The maximum absolute atomic E-state index is 12.9. The fourth-order valence-electron chi connectivity index (χ4n) is 3.74. The van der Waals surface area contributed by atoms with Crippen molar-refractivity contribution in [3.63, 3.8) is 0 Å². The second-order valence-corrected chi connectivity index (χ2v) is 9.67. The van der Waals surface area contributed by atoms with Gasteiger partial charge in [0.2, 0.25) is 0 Å². The Kier molecular flexibility index (Phi) is 5.25. The van der Waals surface area contributed by atoms with E-state index in [4.69, 9.17) is 0 Å². The first kappa shape index (κ1) is 19.8. The van der Waals surface area contributed by atoms with Gasteiger partial charge in [0.1, 0.15) is 0 Å². The highest BCUT2D eigenvalue weighted by molar-refractivity contribution is 7.16. The van der Waals surface area contributed by atoms with Crippen molar-refractivity contribution in [1.29, 1.82) is 0 Å². The molecular formula is C22H26N4O2S. The molecular weight excluding hydrogens is 384 g/mol. The van der Waals surface area contributed by atoms with E-state index in [2.05, 4.69) is 30.7 Å². The summed E-state index contributed by atoms with van der Waals surface area (Å²) in [7, 11) is 0. The van der Waals surface area contributed by atoms with Gasteiger partial charge >= 0.3 is 0 Å². The minimum absolute atomic E-state index is 0.00120. The molecule has 2 aromatic heterocycles. The fourth-order valence-corrected chi connectivity index (χ4v) is 4.46. The standard InChI is InChI=1S/C22H26N4O2S/c1-22(2,3)19-11-20(27)26(13-23-19)12-15-6-8-25(9-7-15)21(28)16-4-5-17-18(10-16)29-14-24-17/h4-5,10-11,13-15H,6-9,12H2,1-3H3. The van der Waals surface area contributed by atoms with Crippen molar-refractivity contribution in [2.75, 3.05) is 13.1 Å². The third-order valence-electron chi connectivity index (χ3n) is 5.58. The number of carbonyl (C=O) groups is 1. The predicted molar refractivity (Wildman–Crippen MR) is 115 cm³/mol. The van der Waals surface area contributed by atoms with Gasteiger partial charge in [-0.05, 0) is 37.0 Å². The van der Waals surface area contributed by atoms with E-state index in [9.17, 15) is 9.59 Å². The van der Waals surface area contributed by atoms with Crippen LogP contribution >= 0.6 is 11.3 Å². The molecule has 1 amide bonds. The van der Waals surface area contributed by atoms with Crippen LogP contribution < -0.4 is 5.56 Å². The van der Waals surface area contributed by atoms with E-state index in [-0.39, 0.29) is 16.9 Å². The van der Waals surface area contributed by atoms with Crippen molar-refractivity contribution in [3.05, 3.63) is 57.7 Å². The van der Waals surface area contributed by atoms with E-state index in [0.717, 1.165) is 34.3 Å². The lowest BCUT2D eigenvalue weighted by molar-refractivity contribution is 0.0682. The van der Waals surface area contributed by atoms with Crippen LogP contribution in [0.4, 0.5) is 0 Å². The molecule has 0 saturated carbocycles. The monoisotopic (exact) mass is 410 g/mol. The van der Waals surface area contributed by atoms with E-state index >= 15 is 0 Å². The SMILES string of the molecule is CC(C)(C)c1cc(=O)n(CC2CCN(C(=O)c3ccc4ncsc4c3)CC2)cn1. The largest absolute Gasteiger partial charge is 0.339 e. The molecule has 0 N–H and O–H groups in total. The number of rotatable bonds is 3. The van der Waals surface area contributed by atoms with Crippen molar-refractivity contribution in [2.45, 2.75) is 45.6 Å². The predicted octanol–water partition coefficient (Wildman–Crippen LogP) is 3.70. The average Bonchev–Trinajstić information content (AvgIpc) is 3.16. The Balaban J connectivity index is 1.38. The van der Waals surface area contributed by atoms with E-state index in [1.54, 1.807) is 33.8 Å². The Bertz CT molecular complexity index is 1090. The number of nitrogens with zero attached hydrogens (tertiary/aromatic N) is 4. The van der Waals surface area contributed by atoms with Gasteiger partial charge < -0.3 is 4.90 Å². The summed E-state index contributed by atoms with van der Waals surface area (Å²) in [5.41, 5.74) is 4.14. The van der Waals surface area contributed by atoms with Crippen LogP contribution in [0.1, 0.15) is 49.7 Å². The van der Waals surface area contributed by atoms with Crippen LogP contribution in [0, 0.1) is 5.92 Å². The zero-order valence-corrected chi connectivity index (χ0v) is 17.9. The molecule has 0 spiro atoms.